The fourth-order valence-electron chi connectivity index (χ4n) is 2.05. The quantitative estimate of drug-likeness (QED) is 0.779. The zero-order valence-corrected chi connectivity index (χ0v) is 12.1. The number of amides is 1. The number of aromatic nitrogens is 1. The summed E-state index contributed by atoms with van der Waals surface area (Å²) < 4.78 is 6.13. The van der Waals surface area contributed by atoms with Crippen LogP contribution in [0.2, 0.25) is 0 Å². The van der Waals surface area contributed by atoms with Crippen molar-refractivity contribution in [1.29, 1.82) is 0 Å². The van der Waals surface area contributed by atoms with Crippen LogP contribution in [-0.4, -0.2) is 18.0 Å². The minimum Gasteiger partial charge on any atom is -0.496 e. The van der Waals surface area contributed by atoms with Gasteiger partial charge in [0.25, 0.3) is 5.91 Å². The summed E-state index contributed by atoms with van der Waals surface area (Å²) in [6.07, 6.45) is 0. The Labute approximate surface area is 125 Å². The van der Waals surface area contributed by atoms with Crippen LogP contribution >= 0.6 is 11.3 Å². The van der Waals surface area contributed by atoms with Gasteiger partial charge in [-0.2, -0.15) is 0 Å². The normalized spacial score (nSPS) is 10.5. The maximum Gasteiger partial charge on any atom is 0.259 e. The van der Waals surface area contributed by atoms with E-state index in [9.17, 15) is 4.79 Å². The molecule has 1 aromatic heterocycles. The number of nitrogens with two attached hydrogens (primary N) is 1. The van der Waals surface area contributed by atoms with E-state index >= 15 is 0 Å². The fourth-order valence-corrected chi connectivity index (χ4v) is 2.82. The van der Waals surface area contributed by atoms with Gasteiger partial charge in [0.05, 0.1) is 22.9 Å². The third-order valence-electron chi connectivity index (χ3n) is 3.01. The van der Waals surface area contributed by atoms with Gasteiger partial charge in [-0.05, 0) is 30.3 Å². The first kappa shape index (κ1) is 13.4. The van der Waals surface area contributed by atoms with Crippen molar-refractivity contribution in [1.82, 2.24) is 4.98 Å². The zero-order valence-electron chi connectivity index (χ0n) is 11.3. The Morgan fingerprint density at radius 3 is 2.90 bits per heavy atom. The number of hydrogen-bond donors (Lipinski definition) is 2. The number of anilines is 2. The highest BCUT2D eigenvalue weighted by Gasteiger charge is 2.12. The first-order valence-corrected chi connectivity index (χ1v) is 7.09. The predicted octanol–water partition coefficient (Wildman–Crippen LogP) is 3.14. The van der Waals surface area contributed by atoms with E-state index in [0.717, 1.165) is 10.2 Å². The molecule has 0 bridgehead atoms. The van der Waals surface area contributed by atoms with E-state index in [1.54, 1.807) is 24.3 Å². The molecule has 0 aliphatic heterocycles. The van der Waals surface area contributed by atoms with Crippen LogP contribution in [0.15, 0.2) is 42.5 Å². The SMILES string of the molecule is COc1ccccc1C(=O)Nc1ccc2nc(N)sc2c1. The average molecular weight is 299 g/mol. The van der Waals surface area contributed by atoms with Gasteiger partial charge in [-0.15, -0.1) is 0 Å². The number of benzene rings is 2. The second-order valence-electron chi connectivity index (χ2n) is 4.39. The summed E-state index contributed by atoms with van der Waals surface area (Å²) in [5.74, 6) is 0.322. The van der Waals surface area contributed by atoms with E-state index in [4.69, 9.17) is 10.5 Å². The summed E-state index contributed by atoms with van der Waals surface area (Å²) in [4.78, 5) is 16.5. The Kier molecular flexibility index (Phi) is 3.45. The summed E-state index contributed by atoms with van der Waals surface area (Å²) in [5, 5.41) is 3.37. The number of nitrogens with zero attached hydrogens (tertiary/aromatic N) is 1. The van der Waals surface area contributed by atoms with Crippen molar-refractivity contribution in [2.24, 2.45) is 0 Å². The summed E-state index contributed by atoms with van der Waals surface area (Å²) in [7, 11) is 1.54. The van der Waals surface area contributed by atoms with Crippen molar-refractivity contribution in [3.8, 4) is 5.75 Å². The van der Waals surface area contributed by atoms with E-state index in [-0.39, 0.29) is 5.91 Å². The number of fused-ring (bicyclic) bond motifs is 1. The molecule has 0 saturated heterocycles. The number of para-hydroxylation sites is 1. The summed E-state index contributed by atoms with van der Waals surface area (Å²) in [6.45, 7) is 0. The van der Waals surface area contributed by atoms with Gasteiger partial charge in [0.1, 0.15) is 5.75 Å². The van der Waals surface area contributed by atoms with Gasteiger partial charge in [-0.1, -0.05) is 23.5 Å². The van der Waals surface area contributed by atoms with Crippen LogP contribution < -0.4 is 15.8 Å². The fraction of sp³-hybridized carbons (Fsp3) is 0.0667. The molecule has 3 aromatic rings. The Balaban J connectivity index is 1.88. The van der Waals surface area contributed by atoms with Crippen LogP contribution in [0.4, 0.5) is 10.8 Å². The van der Waals surface area contributed by atoms with Gasteiger partial charge >= 0.3 is 0 Å². The third kappa shape index (κ3) is 2.66. The molecule has 3 N–H and O–H groups in total. The number of nitrogen functional groups attached to an aromatic ring is 1. The monoisotopic (exact) mass is 299 g/mol. The van der Waals surface area contributed by atoms with Gasteiger partial charge in [0.2, 0.25) is 0 Å². The molecule has 1 heterocycles. The summed E-state index contributed by atoms with van der Waals surface area (Å²) >= 11 is 1.39. The van der Waals surface area contributed by atoms with Crippen molar-refractivity contribution >= 4 is 38.3 Å². The van der Waals surface area contributed by atoms with Gasteiger partial charge in [-0.3, -0.25) is 4.79 Å². The number of rotatable bonds is 3. The molecule has 0 unspecified atom stereocenters. The number of methoxy groups -OCH3 is 1. The molecule has 0 atom stereocenters. The lowest BCUT2D eigenvalue weighted by molar-refractivity contribution is 0.102. The lowest BCUT2D eigenvalue weighted by Crippen LogP contribution is -2.12. The first-order chi connectivity index (χ1) is 10.2. The molecule has 1 amide bonds. The largest absolute Gasteiger partial charge is 0.496 e. The molecule has 0 saturated carbocycles. The van der Waals surface area contributed by atoms with Crippen molar-refractivity contribution in [2.75, 3.05) is 18.2 Å². The number of hydrogen-bond acceptors (Lipinski definition) is 5. The minimum absolute atomic E-state index is 0.218. The molecule has 5 nitrogen and oxygen atoms in total. The van der Waals surface area contributed by atoms with Crippen LogP contribution in [0.1, 0.15) is 10.4 Å². The molecular formula is C15H13N3O2S. The van der Waals surface area contributed by atoms with Gasteiger partial charge in [0, 0.05) is 5.69 Å². The Morgan fingerprint density at radius 1 is 1.29 bits per heavy atom. The number of nitrogens with one attached hydrogen (secondary N) is 1. The molecular weight excluding hydrogens is 286 g/mol. The lowest BCUT2D eigenvalue weighted by Gasteiger charge is -2.09. The Bertz CT molecular complexity index is 814. The summed E-state index contributed by atoms with van der Waals surface area (Å²) in [5.41, 5.74) is 7.69. The second-order valence-corrected chi connectivity index (χ2v) is 5.45. The maximum absolute atomic E-state index is 12.3. The second kappa shape index (κ2) is 5.41. The molecule has 2 aromatic carbocycles. The molecule has 21 heavy (non-hydrogen) atoms. The number of ether oxygens (including phenoxy) is 1. The molecule has 106 valence electrons. The van der Waals surface area contributed by atoms with Crippen molar-refractivity contribution in [3.63, 3.8) is 0 Å². The molecule has 0 aliphatic rings. The predicted molar refractivity (Wildman–Crippen MR) is 85.0 cm³/mol. The highest BCUT2D eigenvalue weighted by molar-refractivity contribution is 7.22. The summed E-state index contributed by atoms with van der Waals surface area (Å²) in [6, 6.07) is 12.6. The molecule has 3 rings (SSSR count). The molecule has 0 fully saturated rings. The van der Waals surface area contributed by atoms with Gasteiger partial charge in [0.15, 0.2) is 5.13 Å². The Hall–Kier alpha value is -2.60. The van der Waals surface area contributed by atoms with Crippen LogP contribution in [0.5, 0.6) is 5.75 Å². The molecule has 6 heteroatoms. The highest BCUT2D eigenvalue weighted by Crippen LogP contribution is 2.27. The van der Waals surface area contributed by atoms with Gasteiger partial charge in [-0.25, -0.2) is 4.98 Å². The van der Waals surface area contributed by atoms with E-state index in [0.29, 0.717) is 22.1 Å². The number of carbonyl (C=O) groups excluding carboxylic acids is 1. The zero-order chi connectivity index (χ0) is 14.8. The van der Waals surface area contributed by atoms with Crippen molar-refractivity contribution in [3.05, 3.63) is 48.0 Å². The van der Waals surface area contributed by atoms with Crippen LogP contribution in [-0.2, 0) is 0 Å². The van der Waals surface area contributed by atoms with E-state index < -0.39 is 0 Å². The molecule has 0 aliphatic carbocycles. The number of carbonyl (C=O) groups is 1. The lowest BCUT2D eigenvalue weighted by atomic mass is 10.2. The van der Waals surface area contributed by atoms with E-state index in [1.165, 1.54) is 18.4 Å². The average Bonchev–Trinajstić information content (AvgIpc) is 2.86. The Morgan fingerprint density at radius 2 is 2.10 bits per heavy atom. The smallest absolute Gasteiger partial charge is 0.259 e. The van der Waals surface area contributed by atoms with E-state index in [2.05, 4.69) is 10.3 Å². The van der Waals surface area contributed by atoms with E-state index in [1.807, 2.05) is 18.2 Å². The first-order valence-electron chi connectivity index (χ1n) is 6.28. The van der Waals surface area contributed by atoms with Crippen LogP contribution in [0.25, 0.3) is 10.2 Å². The standard InChI is InChI=1S/C15H13N3O2S/c1-20-12-5-3-2-4-10(12)14(19)17-9-6-7-11-13(8-9)21-15(16)18-11/h2-8H,1H3,(H2,16,18)(H,17,19). The highest BCUT2D eigenvalue weighted by atomic mass is 32.1. The molecule has 0 spiro atoms. The van der Waals surface area contributed by atoms with Crippen LogP contribution in [0.3, 0.4) is 0 Å². The van der Waals surface area contributed by atoms with Crippen molar-refractivity contribution < 1.29 is 9.53 Å². The topological polar surface area (TPSA) is 77.2 Å². The molecule has 0 radical (unpaired) electrons. The third-order valence-corrected chi connectivity index (χ3v) is 3.86. The van der Waals surface area contributed by atoms with Crippen LogP contribution in [0, 0.1) is 0 Å². The maximum atomic E-state index is 12.3. The van der Waals surface area contributed by atoms with Crippen molar-refractivity contribution in [2.45, 2.75) is 0 Å². The van der Waals surface area contributed by atoms with Gasteiger partial charge < -0.3 is 15.8 Å². The minimum atomic E-state index is -0.218. The number of thiazole rings is 1.